The molecule has 0 spiro atoms. The Balaban J connectivity index is 0.00000276. The van der Waals surface area contributed by atoms with E-state index >= 15 is 0 Å². The molecule has 1 aliphatic carbocycles. The van der Waals surface area contributed by atoms with Crippen LogP contribution in [0, 0.1) is 6.07 Å². The van der Waals surface area contributed by atoms with Gasteiger partial charge in [0.05, 0.1) is 11.0 Å². The van der Waals surface area contributed by atoms with E-state index in [4.69, 9.17) is 0 Å². The smallest absolute Gasteiger partial charge is 0.0544 e. The molecule has 0 fully saturated rings. The van der Waals surface area contributed by atoms with E-state index in [-0.39, 0.29) is 25.5 Å². The van der Waals surface area contributed by atoms with Crippen molar-refractivity contribution in [2.45, 2.75) is 19.3 Å². The number of benzene rings is 5. The first-order chi connectivity index (χ1) is 19.6. The molecule has 0 saturated heterocycles. The molecule has 0 atom stereocenters. The second kappa shape index (κ2) is 9.66. The van der Waals surface area contributed by atoms with Gasteiger partial charge in [-0.1, -0.05) is 74.5 Å². The molecule has 0 N–H and O–H groups in total. The largest absolute Gasteiger partial charge is 0.309 e. The molecule has 1 aliphatic rings. The Hall–Kier alpha value is -4.30. The molecule has 1 radical (unpaired) electrons. The van der Waals surface area contributed by atoms with Crippen molar-refractivity contribution in [1.82, 2.24) is 9.55 Å². The molecular weight excluding hydrogens is 677 g/mol. The summed E-state index contributed by atoms with van der Waals surface area (Å²) >= 11 is 0. The van der Waals surface area contributed by atoms with Crippen LogP contribution in [0.5, 0.6) is 0 Å². The number of rotatable bonds is 3. The third kappa shape index (κ3) is 3.92. The minimum atomic E-state index is -0.0499. The van der Waals surface area contributed by atoms with Crippen molar-refractivity contribution < 1.29 is 20.1 Å². The zero-order chi connectivity index (χ0) is 26.8. The van der Waals surface area contributed by atoms with Crippen LogP contribution in [0.3, 0.4) is 0 Å². The molecule has 0 bridgehead atoms. The maximum Gasteiger partial charge on any atom is 0.0544 e. The molecule has 0 saturated carbocycles. The van der Waals surface area contributed by atoms with Gasteiger partial charge in [-0.05, 0) is 76.0 Å². The van der Waals surface area contributed by atoms with E-state index in [2.05, 4.69) is 127 Å². The molecule has 8 rings (SSSR count). The van der Waals surface area contributed by atoms with Crippen LogP contribution in [0.2, 0.25) is 0 Å². The van der Waals surface area contributed by atoms with Crippen molar-refractivity contribution in [3.05, 3.63) is 145 Å². The van der Waals surface area contributed by atoms with Gasteiger partial charge in [-0.25, -0.2) is 0 Å². The summed E-state index contributed by atoms with van der Waals surface area (Å²) in [6.45, 7) is 4.70. The maximum absolute atomic E-state index is 4.54. The van der Waals surface area contributed by atoms with Crippen LogP contribution in [-0.2, 0) is 25.5 Å². The normalized spacial score (nSPS) is 13.1. The summed E-state index contributed by atoms with van der Waals surface area (Å²) in [6.07, 6.45) is 1.83. The predicted molar refractivity (Wildman–Crippen MR) is 166 cm³/mol. The topological polar surface area (TPSA) is 17.8 Å². The Morgan fingerprint density at radius 2 is 1.39 bits per heavy atom. The molecule has 3 heteroatoms. The summed E-state index contributed by atoms with van der Waals surface area (Å²) in [5.41, 5.74) is 13.3. The Kier molecular flexibility index (Phi) is 6.05. The number of para-hydroxylation sites is 1. The zero-order valence-electron chi connectivity index (χ0n) is 22.9. The Labute approximate surface area is 253 Å². The van der Waals surface area contributed by atoms with E-state index < -0.39 is 0 Å². The van der Waals surface area contributed by atoms with Crippen LogP contribution in [-0.4, -0.2) is 9.55 Å². The van der Waals surface area contributed by atoms with Crippen molar-refractivity contribution in [2.75, 3.05) is 0 Å². The average molecular weight is 704 g/mol. The number of hydrogen-bond donors (Lipinski definition) is 0. The van der Waals surface area contributed by atoms with Crippen molar-refractivity contribution in [1.29, 1.82) is 0 Å². The number of nitrogens with zero attached hydrogens (tertiary/aromatic N) is 2. The molecular formula is C38H27IrN2-. The molecule has 5 aromatic carbocycles. The predicted octanol–water partition coefficient (Wildman–Crippen LogP) is 9.62. The Morgan fingerprint density at radius 1 is 0.634 bits per heavy atom. The molecule has 0 aliphatic heterocycles. The van der Waals surface area contributed by atoms with Crippen molar-refractivity contribution >= 4 is 21.8 Å². The van der Waals surface area contributed by atoms with Gasteiger partial charge in [0.2, 0.25) is 0 Å². The summed E-state index contributed by atoms with van der Waals surface area (Å²) in [6, 6.07) is 47.0. The molecule has 0 amide bonds. The fourth-order valence-electron chi connectivity index (χ4n) is 6.56. The van der Waals surface area contributed by atoms with Crippen LogP contribution in [0.4, 0.5) is 0 Å². The monoisotopic (exact) mass is 704 g/mol. The van der Waals surface area contributed by atoms with Gasteiger partial charge in [-0.2, -0.15) is 0 Å². The third-order valence-corrected chi connectivity index (χ3v) is 8.56. The van der Waals surface area contributed by atoms with Crippen LogP contribution in [0.1, 0.15) is 25.0 Å². The molecule has 41 heavy (non-hydrogen) atoms. The van der Waals surface area contributed by atoms with Gasteiger partial charge in [-0.15, -0.1) is 35.4 Å². The van der Waals surface area contributed by atoms with Gasteiger partial charge in [0.25, 0.3) is 0 Å². The molecule has 7 aromatic rings. The quantitative estimate of drug-likeness (QED) is 0.168. The molecule has 0 unspecified atom stereocenters. The van der Waals surface area contributed by atoms with Crippen LogP contribution < -0.4 is 0 Å². The van der Waals surface area contributed by atoms with Gasteiger partial charge in [0, 0.05) is 48.2 Å². The summed E-state index contributed by atoms with van der Waals surface area (Å²) < 4.78 is 2.42. The summed E-state index contributed by atoms with van der Waals surface area (Å²) in [5.74, 6) is 0. The Morgan fingerprint density at radius 3 is 2.22 bits per heavy atom. The maximum atomic E-state index is 4.54. The second-order valence-corrected chi connectivity index (χ2v) is 11.2. The minimum absolute atomic E-state index is 0. The zero-order valence-corrected chi connectivity index (χ0v) is 25.2. The van der Waals surface area contributed by atoms with Crippen LogP contribution in [0.25, 0.3) is 61.0 Å². The summed E-state index contributed by atoms with van der Waals surface area (Å²) in [4.78, 5) is 4.54. The van der Waals surface area contributed by atoms with Gasteiger partial charge in [-0.3, -0.25) is 0 Å². The first-order valence-electron chi connectivity index (χ1n) is 13.8. The van der Waals surface area contributed by atoms with E-state index in [9.17, 15) is 0 Å². The van der Waals surface area contributed by atoms with Gasteiger partial charge in [0.15, 0.2) is 0 Å². The van der Waals surface area contributed by atoms with E-state index in [1.165, 1.54) is 55.3 Å². The molecule has 199 valence electrons. The van der Waals surface area contributed by atoms with Crippen LogP contribution >= 0.6 is 0 Å². The van der Waals surface area contributed by atoms with Crippen molar-refractivity contribution in [2.24, 2.45) is 0 Å². The number of pyridine rings is 1. The van der Waals surface area contributed by atoms with E-state index in [0.29, 0.717) is 0 Å². The van der Waals surface area contributed by atoms with Gasteiger partial charge in [0.1, 0.15) is 0 Å². The van der Waals surface area contributed by atoms with Crippen molar-refractivity contribution in [3.8, 4) is 39.2 Å². The van der Waals surface area contributed by atoms with Gasteiger partial charge >= 0.3 is 0 Å². The number of aromatic nitrogens is 2. The minimum Gasteiger partial charge on any atom is -0.309 e. The first-order valence-corrected chi connectivity index (χ1v) is 13.8. The fourth-order valence-corrected chi connectivity index (χ4v) is 6.56. The van der Waals surface area contributed by atoms with Crippen LogP contribution in [0.15, 0.2) is 128 Å². The number of fused-ring (bicyclic) bond motifs is 6. The second-order valence-electron chi connectivity index (χ2n) is 11.2. The molecule has 2 nitrogen and oxygen atoms in total. The molecule has 2 aromatic heterocycles. The summed E-state index contributed by atoms with van der Waals surface area (Å²) in [5, 5.41) is 2.54. The van der Waals surface area contributed by atoms with Crippen molar-refractivity contribution in [3.63, 3.8) is 0 Å². The fraction of sp³-hybridized carbons (Fsp3) is 0.0789. The van der Waals surface area contributed by atoms with Gasteiger partial charge < -0.3 is 9.55 Å². The third-order valence-electron chi connectivity index (χ3n) is 8.56. The van der Waals surface area contributed by atoms with E-state index in [0.717, 1.165) is 16.8 Å². The SMILES string of the molecule is CC1(C)c2ccccc2-c2cc3c4cc(-c5cc[c-]c(-c6ccccn6)c5)ccc4n(-c4ccccc4)c3cc21.[Ir]. The van der Waals surface area contributed by atoms with E-state index in [1.54, 1.807) is 0 Å². The standard InChI is InChI=1S/C38H27N2.Ir/c1-38(2)33-16-7-6-15-29(33)30-23-32-31-22-26(25-11-10-12-27(21-25)35-17-8-9-20-39-35)18-19-36(31)40(37(32)24-34(30)38)28-13-4-3-5-14-28;/h3-11,13-24H,1-2H3;/q-1;. The molecule has 2 heterocycles. The number of hydrogen-bond acceptors (Lipinski definition) is 1. The summed E-state index contributed by atoms with van der Waals surface area (Å²) in [7, 11) is 0. The van der Waals surface area contributed by atoms with E-state index in [1.807, 2.05) is 30.5 Å². The Bertz CT molecular complexity index is 2070. The average Bonchev–Trinajstić information content (AvgIpc) is 3.45. The first kappa shape index (κ1) is 25.7.